The van der Waals surface area contributed by atoms with Crippen molar-refractivity contribution in [3.8, 4) is 0 Å². The van der Waals surface area contributed by atoms with Crippen LogP contribution in [-0.2, 0) is 0 Å². The van der Waals surface area contributed by atoms with Gasteiger partial charge in [0.05, 0.1) is 22.3 Å². The van der Waals surface area contributed by atoms with E-state index in [4.69, 9.17) is 5.10 Å². The summed E-state index contributed by atoms with van der Waals surface area (Å²) in [7, 11) is 0. The number of H-pyrrole nitrogens is 2. The van der Waals surface area contributed by atoms with E-state index in [9.17, 15) is 9.59 Å². The van der Waals surface area contributed by atoms with Gasteiger partial charge in [-0.1, -0.05) is 6.07 Å². The third-order valence-electron chi connectivity index (χ3n) is 5.21. The fourth-order valence-corrected chi connectivity index (χ4v) is 3.87. The molecule has 142 valence electrons. The number of benzene rings is 1. The van der Waals surface area contributed by atoms with Crippen molar-refractivity contribution in [3.05, 3.63) is 58.3 Å². The van der Waals surface area contributed by atoms with Crippen LogP contribution in [0, 0.1) is 0 Å². The average molecular weight is 377 g/mol. The molecule has 4 aromatic rings. The zero-order valence-corrected chi connectivity index (χ0v) is 15.0. The second-order valence-electron chi connectivity index (χ2n) is 6.97. The molecule has 1 fully saturated rings. The van der Waals surface area contributed by atoms with E-state index in [-0.39, 0.29) is 17.4 Å². The molecule has 1 amide bonds. The van der Waals surface area contributed by atoms with Crippen molar-refractivity contribution in [2.75, 3.05) is 18.4 Å². The van der Waals surface area contributed by atoms with Gasteiger partial charge in [0, 0.05) is 18.2 Å². The van der Waals surface area contributed by atoms with E-state index >= 15 is 0 Å². The molecule has 9 nitrogen and oxygen atoms in total. The highest BCUT2D eigenvalue weighted by Gasteiger charge is 2.22. The van der Waals surface area contributed by atoms with Crippen molar-refractivity contribution < 1.29 is 4.79 Å². The lowest BCUT2D eigenvalue weighted by atomic mass is 9.94. The standard InChI is InChI=1S/C19H19N7O2/c27-16-10-15(11-4-7-20-8-5-11)26-18(23-16)17-12(2-1-3-13(17)25-26)22-19(28)14-6-9-21-24-14/h1-3,6,9-11,20H,4-5,7-8H2,(H,21,24)(H,22,28)(H,23,27). The molecule has 1 aliphatic heterocycles. The predicted molar refractivity (Wildman–Crippen MR) is 105 cm³/mol. The topological polar surface area (TPSA) is 120 Å². The van der Waals surface area contributed by atoms with E-state index in [0.29, 0.717) is 27.9 Å². The molecule has 28 heavy (non-hydrogen) atoms. The number of carbonyl (C=O) groups excluding carboxylic acids is 1. The summed E-state index contributed by atoms with van der Waals surface area (Å²) in [4.78, 5) is 27.8. The Morgan fingerprint density at radius 3 is 2.86 bits per heavy atom. The molecule has 0 unspecified atom stereocenters. The zero-order valence-electron chi connectivity index (χ0n) is 15.0. The van der Waals surface area contributed by atoms with Gasteiger partial charge in [-0.3, -0.25) is 14.7 Å². The first-order valence-corrected chi connectivity index (χ1v) is 9.27. The summed E-state index contributed by atoms with van der Waals surface area (Å²) in [6.07, 6.45) is 3.43. The third kappa shape index (κ3) is 2.76. The van der Waals surface area contributed by atoms with Gasteiger partial charge in [-0.05, 0) is 44.1 Å². The van der Waals surface area contributed by atoms with Gasteiger partial charge in [0.2, 0.25) is 0 Å². The molecule has 4 heterocycles. The Labute approximate surface area is 159 Å². The van der Waals surface area contributed by atoms with E-state index in [1.807, 2.05) is 16.6 Å². The summed E-state index contributed by atoms with van der Waals surface area (Å²) in [6.45, 7) is 1.84. The number of piperidine rings is 1. The highest BCUT2D eigenvalue weighted by Crippen LogP contribution is 2.30. The summed E-state index contributed by atoms with van der Waals surface area (Å²) < 4.78 is 1.81. The van der Waals surface area contributed by atoms with Gasteiger partial charge >= 0.3 is 0 Å². The predicted octanol–water partition coefficient (Wildman–Crippen LogP) is 1.62. The van der Waals surface area contributed by atoms with Gasteiger partial charge in [0.15, 0.2) is 0 Å². The number of aromatic nitrogens is 5. The quantitative estimate of drug-likeness (QED) is 0.432. The highest BCUT2D eigenvalue weighted by atomic mass is 16.2. The molecule has 0 atom stereocenters. The molecule has 0 aliphatic carbocycles. The van der Waals surface area contributed by atoms with Crippen molar-refractivity contribution in [2.24, 2.45) is 0 Å². The lowest BCUT2D eigenvalue weighted by Gasteiger charge is -2.23. The number of nitrogens with zero attached hydrogens (tertiary/aromatic N) is 3. The van der Waals surface area contributed by atoms with Gasteiger partial charge in [-0.15, -0.1) is 0 Å². The van der Waals surface area contributed by atoms with Crippen LogP contribution in [0.25, 0.3) is 16.6 Å². The average Bonchev–Trinajstić information content (AvgIpc) is 3.36. The van der Waals surface area contributed by atoms with E-state index in [1.165, 1.54) is 6.20 Å². The molecule has 0 spiro atoms. The lowest BCUT2D eigenvalue weighted by Crippen LogP contribution is -2.28. The molecule has 0 radical (unpaired) electrons. The van der Waals surface area contributed by atoms with Crippen molar-refractivity contribution in [1.82, 2.24) is 30.1 Å². The normalized spacial score (nSPS) is 15.3. The van der Waals surface area contributed by atoms with Crippen LogP contribution in [0.1, 0.15) is 34.9 Å². The minimum atomic E-state index is -0.304. The van der Waals surface area contributed by atoms with Crippen LogP contribution in [0.3, 0.4) is 0 Å². The fourth-order valence-electron chi connectivity index (χ4n) is 3.87. The lowest BCUT2D eigenvalue weighted by molar-refractivity contribution is 0.102. The molecular weight excluding hydrogens is 358 g/mol. The van der Waals surface area contributed by atoms with E-state index in [1.54, 1.807) is 18.2 Å². The summed E-state index contributed by atoms with van der Waals surface area (Å²) in [5, 5.41) is 18.1. The number of rotatable bonds is 3. The summed E-state index contributed by atoms with van der Waals surface area (Å²) >= 11 is 0. The Balaban J connectivity index is 1.67. The monoisotopic (exact) mass is 377 g/mol. The molecule has 9 heteroatoms. The maximum Gasteiger partial charge on any atom is 0.273 e. The van der Waals surface area contributed by atoms with E-state index in [0.717, 1.165) is 31.6 Å². The highest BCUT2D eigenvalue weighted by molar-refractivity contribution is 6.11. The fraction of sp³-hybridized carbons (Fsp3) is 0.263. The zero-order chi connectivity index (χ0) is 19.1. The number of carbonyl (C=O) groups is 1. The maximum atomic E-state index is 12.5. The first-order chi connectivity index (χ1) is 13.7. The van der Waals surface area contributed by atoms with Crippen LogP contribution in [-0.4, -0.2) is 43.8 Å². The molecule has 1 saturated heterocycles. The van der Waals surface area contributed by atoms with Gasteiger partial charge in [0.25, 0.3) is 11.5 Å². The molecule has 0 saturated carbocycles. The molecule has 4 N–H and O–H groups in total. The Hall–Kier alpha value is -3.46. The van der Waals surface area contributed by atoms with Gasteiger partial charge in [-0.2, -0.15) is 10.2 Å². The number of aromatic amines is 2. The number of anilines is 1. The summed E-state index contributed by atoms with van der Waals surface area (Å²) in [5.41, 5.74) is 2.98. The number of hydrogen-bond donors (Lipinski definition) is 4. The van der Waals surface area contributed by atoms with Gasteiger partial charge in [-0.25, -0.2) is 4.52 Å². The van der Waals surface area contributed by atoms with Crippen LogP contribution in [0.5, 0.6) is 0 Å². The first-order valence-electron chi connectivity index (χ1n) is 9.27. The van der Waals surface area contributed by atoms with Gasteiger partial charge < -0.3 is 15.6 Å². The SMILES string of the molecule is O=C(Nc1cccc2nn3c(C4CCNCC4)cc(=O)[nH]c3c12)c1ccn[nH]1. The number of nitrogens with one attached hydrogen (secondary N) is 4. The third-order valence-corrected chi connectivity index (χ3v) is 5.21. The number of amides is 1. The van der Waals surface area contributed by atoms with Crippen molar-refractivity contribution in [1.29, 1.82) is 0 Å². The Kier molecular flexibility index (Phi) is 3.94. The van der Waals surface area contributed by atoms with Crippen LogP contribution in [0.15, 0.2) is 41.3 Å². The Morgan fingerprint density at radius 1 is 1.21 bits per heavy atom. The number of fused-ring (bicyclic) bond motifs is 3. The van der Waals surface area contributed by atoms with Crippen LogP contribution < -0.4 is 16.2 Å². The minimum Gasteiger partial charge on any atom is -0.320 e. The Bertz CT molecular complexity index is 1220. The Morgan fingerprint density at radius 2 is 2.07 bits per heavy atom. The van der Waals surface area contributed by atoms with E-state index in [2.05, 4.69) is 25.8 Å². The van der Waals surface area contributed by atoms with Crippen LogP contribution in [0.2, 0.25) is 0 Å². The first kappa shape index (κ1) is 16.7. The van der Waals surface area contributed by atoms with Crippen molar-refractivity contribution >= 4 is 28.1 Å². The van der Waals surface area contributed by atoms with Crippen LogP contribution >= 0.6 is 0 Å². The summed E-state index contributed by atoms with van der Waals surface area (Å²) in [6, 6.07) is 8.74. The second kappa shape index (κ2) is 6.61. The summed E-state index contributed by atoms with van der Waals surface area (Å²) in [5.74, 6) is -0.0374. The molecule has 1 aromatic carbocycles. The van der Waals surface area contributed by atoms with Crippen molar-refractivity contribution in [2.45, 2.75) is 18.8 Å². The molecule has 3 aromatic heterocycles. The number of hydrogen-bond acceptors (Lipinski definition) is 5. The molecule has 5 rings (SSSR count). The smallest absolute Gasteiger partial charge is 0.273 e. The van der Waals surface area contributed by atoms with Gasteiger partial charge in [0.1, 0.15) is 11.3 Å². The maximum absolute atomic E-state index is 12.5. The van der Waals surface area contributed by atoms with Crippen molar-refractivity contribution in [3.63, 3.8) is 0 Å². The second-order valence-corrected chi connectivity index (χ2v) is 6.97. The largest absolute Gasteiger partial charge is 0.320 e. The minimum absolute atomic E-state index is 0.169. The molecular formula is C19H19N7O2. The van der Waals surface area contributed by atoms with Crippen LogP contribution in [0.4, 0.5) is 5.69 Å². The van der Waals surface area contributed by atoms with E-state index < -0.39 is 0 Å². The molecule has 1 aliphatic rings. The molecule has 0 bridgehead atoms.